The van der Waals surface area contributed by atoms with Gasteiger partial charge in [-0.25, -0.2) is 18.2 Å². The first-order valence-electron chi connectivity index (χ1n) is 7.47. The normalized spacial score (nSPS) is 10.7. The van der Waals surface area contributed by atoms with Crippen LogP contribution in [0.2, 0.25) is 0 Å². The van der Waals surface area contributed by atoms with Crippen LogP contribution < -0.4 is 5.32 Å². The summed E-state index contributed by atoms with van der Waals surface area (Å²) in [6.07, 6.45) is 1.61. The monoisotopic (exact) mass is 346 g/mol. The molecule has 7 heteroatoms. The molecule has 0 saturated carbocycles. The molecule has 0 radical (unpaired) electrons. The highest BCUT2D eigenvalue weighted by molar-refractivity contribution is 5.90. The highest BCUT2D eigenvalue weighted by atomic mass is 19.1. The van der Waals surface area contributed by atoms with Gasteiger partial charge in [0.05, 0.1) is 11.8 Å². The van der Waals surface area contributed by atoms with Crippen LogP contribution in [0.15, 0.2) is 53.1 Å². The van der Waals surface area contributed by atoms with E-state index in [2.05, 4.69) is 10.3 Å². The van der Waals surface area contributed by atoms with Crippen molar-refractivity contribution in [1.29, 1.82) is 0 Å². The summed E-state index contributed by atoms with van der Waals surface area (Å²) in [5.41, 5.74) is 0.573. The molecule has 1 aromatic heterocycles. The molecule has 4 nitrogen and oxygen atoms in total. The molecule has 3 rings (SSSR count). The second-order valence-electron chi connectivity index (χ2n) is 5.30. The maximum atomic E-state index is 13.7. The van der Waals surface area contributed by atoms with E-state index in [0.29, 0.717) is 5.69 Å². The number of nitrogens with zero attached hydrogens (tertiary/aromatic N) is 1. The van der Waals surface area contributed by atoms with E-state index in [1.54, 1.807) is 0 Å². The quantitative estimate of drug-likeness (QED) is 0.748. The Balaban J connectivity index is 1.59. The van der Waals surface area contributed by atoms with E-state index in [1.807, 2.05) is 0 Å². The lowest BCUT2D eigenvalue weighted by Gasteiger charge is -2.04. The van der Waals surface area contributed by atoms with Gasteiger partial charge in [0.2, 0.25) is 5.91 Å². The molecule has 0 aliphatic rings. The first kappa shape index (κ1) is 16.8. The number of benzene rings is 2. The third kappa shape index (κ3) is 4.26. The predicted octanol–water partition coefficient (Wildman–Crippen LogP) is 4.33. The van der Waals surface area contributed by atoms with Gasteiger partial charge in [-0.2, -0.15) is 0 Å². The van der Waals surface area contributed by atoms with Gasteiger partial charge in [0, 0.05) is 24.6 Å². The zero-order valence-corrected chi connectivity index (χ0v) is 12.9. The molecule has 0 spiro atoms. The number of halogens is 3. The van der Waals surface area contributed by atoms with Crippen LogP contribution in [-0.2, 0) is 11.2 Å². The molecule has 1 N–H and O–H groups in total. The summed E-state index contributed by atoms with van der Waals surface area (Å²) in [7, 11) is 0. The second-order valence-corrected chi connectivity index (χ2v) is 5.30. The van der Waals surface area contributed by atoms with Crippen molar-refractivity contribution in [1.82, 2.24) is 4.98 Å². The van der Waals surface area contributed by atoms with Crippen molar-refractivity contribution in [3.8, 4) is 11.3 Å². The maximum absolute atomic E-state index is 13.7. The predicted molar refractivity (Wildman–Crippen MR) is 85.2 cm³/mol. The van der Waals surface area contributed by atoms with Gasteiger partial charge in [0.25, 0.3) is 0 Å². The molecule has 0 aliphatic heterocycles. The molecular formula is C18H13F3N2O2. The Hall–Kier alpha value is -3.09. The van der Waals surface area contributed by atoms with Crippen molar-refractivity contribution in [3.05, 3.63) is 72.0 Å². The molecule has 0 aliphatic carbocycles. The Morgan fingerprint density at radius 2 is 1.76 bits per heavy atom. The van der Waals surface area contributed by atoms with E-state index >= 15 is 0 Å². The van der Waals surface area contributed by atoms with Crippen LogP contribution in [0.25, 0.3) is 11.3 Å². The first-order chi connectivity index (χ1) is 12.0. The van der Waals surface area contributed by atoms with Crippen molar-refractivity contribution in [2.75, 3.05) is 5.32 Å². The van der Waals surface area contributed by atoms with Gasteiger partial charge in [-0.1, -0.05) is 0 Å². The average Bonchev–Trinajstić information content (AvgIpc) is 3.04. The van der Waals surface area contributed by atoms with E-state index in [-0.39, 0.29) is 36.0 Å². The molecule has 0 unspecified atom stereocenters. The fraction of sp³-hybridized carbons (Fsp3) is 0.111. The summed E-state index contributed by atoms with van der Waals surface area (Å²) >= 11 is 0. The van der Waals surface area contributed by atoms with Crippen LogP contribution in [0.1, 0.15) is 12.3 Å². The lowest BCUT2D eigenvalue weighted by molar-refractivity contribution is -0.116. The number of hydrogen-bond acceptors (Lipinski definition) is 3. The summed E-state index contributed by atoms with van der Waals surface area (Å²) in [5.74, 6) is -1.70. The number of aromatic nitrogens is 1. The Labute approximate surface area is 141 Å². The smallest absolute Gasteiger partial charge is 0.224 e. The van der Waals surface area contributed by atoms with Gasteiger partial charge >= 0.3 is 0 Å². The van der Waals surface area contributed by atoms with Crippen LogP contribution in [-0.4, -0.2) is 10.9 Å². The topological polar surface area (TPSA) is 55.1 Å². The molecule has 2 aromatic carbocycles. The summed E-state index contributed by atoms with van der Waals surface area (Å²) < 4.78 is 44.8. The summed E-state index contributed by atoms with van der Waals surface area (Å²) in [5, 5.41) is 2.62. The minimum Gasteiger partial charge on any atom is -0.441 e. The summed E-state index contributed by atoms with van der Waals surface area (Å²) in [6, 6.07) is 8.53. The number of hydrogen-bond donors (Lipinski definition) is 1. The minimum absolute atomic E-state index is 0.0865. The number of nitrogens with one attached hydrogen (secondary N) is 1. The van der Waals surface area contributed by atoms with Gasteiger partial charge in [-0.15, -0.1) is 0 Å². The van der Waals surface area contributed by atoms with Gasteiger partial charge in [0.15, 0.2) is 11.7 Å². The number of anilines is 1. The number of amides is 1. The third-order valence-electron chi connectivity index (χ3n) is 3.44. The van der Waals surface area contributed by atoms with Crippen LogP contribution in [0.5, 0.6) is 0 Å². The SMILES string of the molecule is O=C(CCc1ncc(-c2ccc(F)cc2F)o1)Nc1ccc(F)cc1. The molecule has 1 amide bonds. The van der Waals surface area contributed by atoms with Gasteiger partial charge in [-0.3, -0.25) is 4.79 Å². The summed E-state index contributed by atoms with van der Waals surface area (Å²) in [4.78, 5) is 15.9. The molecule has 128 valence electrons. The summed E-state index contributed by atoms with van der Waals surface area (Å²) in [6.45, 7) is 0. The maximum Gasteiger partial charge on any atom is 0.224 e. The largest absolute Gasteiger partial charge is 0.441 e. The zero-order chi connectivity index (χ0) is 17.8. The van der Waals surface area contributed by atoms with Crippen LogP contribution >= 0.6 is 0 Å². The zero-order valence-electron chi connectivity index (χ0n) is 12.9. The lowest BCUT2D eigenvalue weighted by atomic mass is 10.2. The van der Waals surface area contributed by atoms with E-state index in [4.69, 9.17) is 4.42 Å². The molecule has 1 heterocycles. The fourth-order valence-corrected chi connectivity index (χ4v) is 2.22. The standard InChI is InChI=1S/C18H13F3N2O2/c19-11-1-4-13(5-2-11)23-17(24)7-8-18-22-10-16(25-18)14-6-3-12(20)9-15(14)21/h1-6,9-10H,7-8H2,(H,23,24). The van der Waals surface area contributed by atoms with Crippen molar-refractivity contribution in [2.24, 2.45) is 0 Å². The van der Waals surface area contributed by atoms with E-state index in [9.17, 15) is 18.0 Å². The number of oxazole rings is 1. The van der Waals surface area contributed by atoms with Gasteiger partial charge in [0.1, 0.15) is 17.5 Å². The molecule has 0 saturated heterocycles. The molecule has 0 bridgehead atoms. The van der Waals surface area contributed by atoms with Crippen molar-refractivity contribution >= 4 is 11.6 Å². The molecule has 0 fully saturated rings. The number of rotatable bonds is 5. The highest BCUT2D eigenvalue weighted by Crippen LogP contribution is 2.24. The lowest BCUT2D eigenvalue weighted by Crippen LogP contribution is -2.12. The van der Waals surface area contributed by atoms with Crippen molar-refractivity contribution in [2.45, 2.75) is 12.8 Å². The van der Waals surface area contributed by atoms with Crippen molar-refractivity contribution in [3.63, 3.8) is 0 Å². The highest BCUT2D eigenvalue weighted by Gasteiger charge is 2.13. The fourth-order valence-electron chi connectivity index (χ4n) is 2.22. The van der Waals surface area contributed by atoms with E-state index in [0.717, 1.165) is 12.1 Å². The third-order valence-corrected chi connectivity index (χ3v) is 3.44. The van der Waals surface area contributed by atoms with Crippen LogP contribution in [0.3, 0.4) is 0 Å². The van der Waals surface area contributed by atoms with Crippen LogP contribution in [0.4, 0.5) is 18.9 Å². The first-order valence-corrected chi connectivity index (χ1v) is 7.47. The molecule has 25 heavy (non-hydrogen) atoms. The van der Waals surface area contributed by atoms with Gasteiger partial charge in [-0.05, 0) is 36.4 Å². The Morgan fingerprint density at radius 3 is 2.48 bits per heavy atom. The van der Waals surface area contributed by atoms with E-state index < -0.39 is 17.5 Å². The second kappa shape index (κ2) is 7.21. The Morgan fingerprint density at radius 1 is 1.04 bits per heavy atom. The van der Waals surface area contributed by atoms with E-state index in [1.165, 1.54) is 36.5 Å². The number of carbonyl (C=O) groups excluding carboxylic acids is 1. The molecule has 0 atom stereocenters. The van der Waals surface area contributed by atoms with Gasteiger partial charge < -0.3 is 9.73 Å². The number of aryl methyl sites for hydroxylation is 1. The molecular weight excluding hydrogens is 333 g/mol. The molecule has 3 aromatic rings. The Kier molecular flexibility index (Phi) is 4.83. The Bertz CT molecular complexity index is 892. The average molecular weight is 346 g/mol. The number of carbonyl (C=O) groups is 1. The minimum atomic E-state index is -0.753. The van der Waals surface area contributed by atoms with Crippen LogP contribution in [0, 0.1) is 17.5 Å². The van der Waals surface area contributed by atoms with Crippen molar-refractivity contribution < 1.29 is 22.4 Å².